The second-order valence-corrected chi connectivity index (χ2v) is 6.12. The van der Waals surface area contributed by atoms with Crippen LogP contribution in [-0.4, -0.2) is 36.1 Å². The lowest BCUT2D eigenvalue weighted by molar-refractivity contribution is 0.589. The molecule has 4 N–H and O–H groups in total. The van der Waals surface area contributed by atoms with Crippen molar-refractivity contribution in [3.05, 3.63) is 36.0 Å². The third-order valence-corrected chi connectivity index (χ3v) is 3.60. The highest BCUT2D eigenvalue weighted by Crippen LogP contribution is 2.18. The molecule has 0 aliphatic heterocycles. The molecule has 1 aromatic heterocycles. The van der Waals surface area contributed by atoms with E-state index in [4.69, 9.17) is 5.14 Å². The predicted molar refractivity (Wildman–Crippen MR) is 76.1 cm³/mol. The normalized spacial score (nSPS) is 11.7. The minimum absolute atomic E-state index is 0.0235. The Bertz CT molecular complexity index is 639. The van der Waals surface area contributed by atoms with E-state index in [-0.39, 0.29) is 5.75 Å². The van der Waals surface area contributed by atoms with E-state index in [1.807, 2.05) is 30.3 Å². The number of aromatic amines is 1. The first-order valence-electron chi connectivity index (χ1n) is 6.22. The largest absolute Gasteiger partial charge is 0.311 e. The van der Waals surface area contributed by atoms with E-state index in [9.17, 15) is 8.42 Å². The van der Waals surface area contributed by atoms with Crippen molar-refractivity contribution in [3.8, 4) is 11.3 Å². The van der Waals surface area contributed by atoms with Crippen molar-refractivity contribution in [3.63, 3.8) is 0 Å². The van der Waals surface area contributed by atoms with Crippen LogP contribution in [0.1, 0.15) is 12.1 Å². The monoisotopic (exact) mass is 295 g/mol. The molecule has 0 saturated carbocycles. The van der Waals surface area contributed by atoms with Gasteiger partial charge in [0.1, 0.15) is 11.4 Å². The van der Waals surface area contributed by atoms with Crippen LogP contribution in [0.3, 0.4) is 0 Å². The molecule has 7 nitrogen and oxygen atoms in total. The van der Waals surface area contributed by atoms with Crippen LogP contribution in [0.15, 0.2) is 30.3 Å². The summed E-state index contributed by atoms with van der Waals surface area (Å²) >= 11 is 0. The molecule has 0 bridgehead atoms. The van der Waals surface area contributed by atoms with Crippen LogP contribution in [0.2, 0.25) is 0 Å². The zero-order valence-corrected chi connectivity index (χ0v) is 11.7. The average Bonchev–Trinajstić information content (AvgIpc) is 2.86. The van der Waals surface area contributed by atoms with Gasteiger partial charge in [-0.05, 0) is 13.0 Å². The van der Waals surface area contributed by atoms with Gasteiger partial charge in [0.05, 0.1) is 5.75 Å². The maximum Gasteiger partial charge on any atom is 0.209 e. The fourth-order valence-electron chi connectivity index (χ4n) is 1.81. The van der Waals surface area contributed by atoms with E-state index in [0.717, 1.165) is 17.0 Å². The lowest BCUT2D eigenvalue weighted by atomic mass is 10.1. The van der Waals surface area contributed by atoms with Crippen molar-refractivity contribution in [2.75, 3.05) is 12.3 Å². The number of hydrogen-bond acceptors (Lipinski definition) is 5. The maximum absolute atomic E-state index is 10.8. The van der Waals surface area contributed by atoms with Crippen molar-refractivity contribution in [1.82, 2.24) is 20.7 Å². The number of hydrogen-bond donors (Lipinski definition) is 3. The van der Waals surface area contributed by atoms with Gasteiger partial charge >= 0.3 is 0 Å². The number of H-pyrrole nitrogens is 1. The van der Waals surface area contributed by atoms with Crippen LogP contribution in [-0.2, 0) is 16.6 Å². The lowest BCUT2D eigenvalue weighted by Gasteiger charge is -2.03. The molecule has 2 rings (SSSR count). The maximum atomic E-state index is 10.8. The summed E-state index contributed by atoms with van der Waals surface area (Å²) < 4.78 is 21.6. The first kappa shape index (κ1) is 14.6. The minimum atomic E-state index is -3.38. The van der Waals surface area contributed by atoms with E-state index in [1.54, 1.807) is 0 Å². The number of benzene rings is 1. The van der Waals surface area contributed by atoms with Crippen molar-refractivity contribution in [2.45, 2.75) is 13.0 Å². The first-order valence-corrected chi connectivity index (χ1v) is 7.94. The quantitative estimate of drug-likeness (QED) is 0.633. The van der Waals surface area contributed by atoms with Crippen LogP contribution in [0.4, 0.5) is 0 Å². The van der Waals surface area contributed by atoms with Gasteiger partial charge in [0, 0.05) is 12.1 Å². The van der Waals surface area contributed by atoms with Crippen molar-refractivity contribution < 1.29 is 8.42 Å². The molecule has 8 heteroatoms. The SMILES string of the molecule is NS(=O)(=O)CCCNCc1n[nH]nc1-c1ccccc1. The second-order valence-electron chi connectivity index (χ2n) is 4.38. The summed E-state index contributed by atoms with van der Waals surface area (Å²) in [6.45, 7) is 1.07. The topological polar surface area (TPSA) is 114 Å². The molecule has 2 aromatic rings. The molecule has 0 saturated heterocycles. The number of nitrogens with two attached hydrogens (primary N) is 1. The Morgan fingerprint density at radius 3 is 2.65 bits per heavy atom. The van der Waals surface area contributed by atoms with Gasteiger partial charge in [0.25, 0.3) is 0 Å². The summed E-state index contributed by atoms with van der Waals surface area (Å²) in [5.74, 6) is -0.0235. The molecule has 0 amide bonds. The summed E-state index contributed by atoms with van der Waals surface area (Å²) in [6, 6.07) is 9.74. The molecular weight excluding hydrogens is 278 g/mol. The smallest absolute Gasteiger partial charge is 0.209 e. The van der Waals surface area contributed by atoms with Crippen molar-refractivity contribution in [1.29, 1.82) is 0 Å². The minimum Gasteiger partial charge on any atom is -0.311 e. The number of nitrogens with one attached hydrogen (secondary N) is 2. The fourth-order valence-corrected chi connectivity index (χ4v) is 2.36. The van der Waals surface area contributed by atoms with Crippen LogP contribution in [0.25, 0.3) is 11.3 Å². The molecule has 1 aromatic carbocycles. The third kappa shape index (κ3) is 4.41. The number of aromatic nitrogens is 3. The van der Waals surface area contributed by atoms with Gasteiger partial charge in [-0.2, -0.15) is 15.4 Å². The Morgan fingerprint density at radius 1 is 1.20 bits per heavy atom. The molecule has 0 aliphatic carbocycles. The fraction of sp³-hybridized carbons (Fsp3) is 0.333. The molecule has 0 spiro atoms. The van der Waals surface area contributed by atoms with Gasteiger partial charge in [0.2, 0.25) is 10.0 Å². The zero-order chi connectivity index (χ0) is 14.4. The average molecular weight is 295 g/mol. The summed E-state index contributed by atoms with van der Waals surface area (Å²) in [7, 11) is -3.38. The standard InChI is InChI=1S/C12H17N5O2S/c13-20(18,19)8-4-7-14-9-11-12(16-17-15-11)10-5-2-1-3-6-10/h1-3,5-6,14H,4,7-9H2,(H2,13,18,19)(H,15,16,17). The van der Waals surface area contributed by atoms with Crippen LogP contribution < -0.4 is 10.5 Å². The Hall–Kier alpha value is -1.77. The number of nitrogens with zero attached hydrogens (tertiary/aromatic N) is 2. The van der Waals surface area contributed by atoms with Crippen LogP contribution >= 0.6 is 0 Å². The summed E-state index contributed by atoms with van der Waals surface area (Å²) in [5.41, 5.74) is 2.58. The third-order valence-electron chi connectivity index (χ3n) is 2.74. The van der Waals surface area contributed by atoms with Crippen molar-refractivity contribution >= 4 is 10.0 Å². The lowest BCUT2D eigenvalue weighted by Crippen LogP contribution is -2.22. The van der Waals surface area contributed by atoms with E-state index in [2.05, 4.69) is 20.7 Å². The van der Waals surface area contributed by atoms with Crippen LogP contribution in [0.5, 0.6) is 0 Å². The molecule has 0 unspecified atom stereocenters. The molecule has 0 fully saturated rings. The number of primary sulfonamides is 1. The molecule has 0 aliphatic rings. The molecule has 108 valence electrons. The molecule has 20 heavy (non-hydrogen) atoms. The van der Waals surface area contributed by atoms with Gasteiger partial charge in [-0.15, -0.1) is 0 Å². The van der Waals surface area contributed by atoms with Crippen molar-refractivity contribution in [2.24, 2.45) is 5.14 Å². The van der Waals surface area contributed by atoms with Gasteiger partial charge in [-0.1, -0.05) is 30.3 Å². The van der Waals surface area contributed by atoms with Crippen LogP contribution in [0, 0.1) is 0 Å². The van der Waals surface area contributed by atoms with E-state index >= 15 is 0 Å². The Labute approximate surface area is 117 Å². The summed E-state index contributed by atoms with van der Waals surface area (Å²) in [5, 5.41) is 18.9. The van der Waals surface area contributed by atoms with Gasteiger partial charge in [-0.3, -0.25) is 0 Å². The van der Waals surface area contributed by atoms with Gasteiger partial charge < -0.3 is 5.32 Å². The van der Waals surface area contributed by atoms with E-state index in [1.165, 1.54) is 0 Å². The van der Waals surface area contributed by atoms with Gasteiger partial charge in [0.15, 0.2) is 0 Å². The molecule has 1 heterocycles. The second kappa shape index (κ2) is 6.60. The van der Waals surface area contributed by atoms with Gasteiger partial charge in [-0.25, -0.2) is 13.6 Å². The zero-order valence-electron chi connectivity index (χ0n) is 10.9. The molecule has 0 atom stereocenters. The van der Waals surface area contributed by atoms with E-state index < -0.39 is 10.0 Å². The van der Waals surface area contributed by atoms with E-state index in [0.29, 0.717) is 19.5 Å². The first-order chi connectivity index (χ1) is 9.56. The molecule has 0 radical (unpaired) electrons. The highest BCUT2D eigenvalue weighted by Gasteiger charge is 2.09. The Morgan fingerprint density at radius 2 is 1.95 bits per heavy atom. The highest BCUT2D eigenvalue weighted by molar-refractivity contribution is 7.89. The Kier molecular flexibility index (Phi) is 4.83. The molecular formula is C12H17N5O2S. The highest BCUT2D eigenvalue weighted by atomic mass is 32.2. The summed E-state index contributed by atoms with van der Waals surface area (Å²) in [4.78, 5) is 0. The Balaban J connectivity index is 1.87. The number of sulfonamides is 1. The predicted octanol–water partition coefficient (Wildman–Crippen LogP) is 0.240. The number of rotatable bonds is 7. The summed E-state index contributed by atoms with van der Waals surface area (Å²) in [6.07, 6.45) is 0.470.